The van der Waals surface area contributed by atoms with Gasteiger partial charge in [0.15, 0.2) is 0 Å². The lowest BCUT2D eigenvalue weighted by Gasteiger charge is -2.07. The van der Waals surface area contributed by atoms with Crippen molar-refractivity contribution in [2.24, 2.45) is 5.73 Å². The van der Waals surface area contributed by atoms with E-state index in [1.54, 1.807) is 4.68 Å². The Balaban J connectivity index is 2.25. The van der Waals surface area contributed by atoms with Gasteiger partial charge in [-0.25, -0.2) is 0 Å². The molecule has 0 aliphatic carbocycles. The molecule has 0 atom stereocenters. The van der Waals surface area contributed by atoms with Crippen molar-refractivity contribution >= 4 is 11.8 Å². The molecule has 1 aliphatic rings. The van der Waals surface area contributed by atoms with Crippen molar-refractivity contribution in [2.45, 2.75) is 25.1 Å². The fraction of sp³-hybridized carbons (Fsp3) is 0.667. The molecule has 0 unspecified atom stereocenters. The molecule has 1 aromatic rings. The summed E-state index contributed by atoms with van der Waals surface area (Å²) in [5.74, 6) is 1.98. The maximum absolute atomic E-state index is 11.8. The minimum Gasteiger partial charge on any atom is -0.330 e. The van der Waals surface area contributed by atoms with Crippen LogP contribution in [0, 0.1) is 0 Å². The molecule has 0 saturated heterocycles. The first-order valence-electron chi connectivity index (χ1n) is 4.91. The van der Waals surface area contributed by atoms with Crippen molar-refractivity contribution < 1.29 is 0 Å². The normalized spacial score (nSPS) is 15.5. The number of nitrogens with one attached hydrogen (secondary N) is 1. The quantitative estimate of drug-likeness (QED) is 0.760. The molecule has 0 aromatic carbocycles. The summed E-state index contributed by atoms with van der Waals surface area (Å²) < 4.78 is 1.70. The first kappa shape index (κ1) is 9.86. The zero-order chi connectivity index (χ0) is 9.97. The fourth-order valence-electron chi connectivity index (χ4n) is 1.68. The van der Waals surface area contributed by atoms with E-state index in [9.17, 15) is 4.79 Å². The van der Waals surface area contributed by atoms with Gasteiger partial charge in [0.25, 0.3) is 5.56 Å². The molecule has 2 heterocycles. The zero-order valence-electron chi connectivity index (χ0n) is 8.08. The average molecular weight is 213 g/mol. The van der Waals surface area contributed by atoms with Crippen LogP contribution in [0.4, 0.5) is 0 Å². The molecule has 14 heavy (non-hydrogen) atoms. The summed E-state index contributed by atoms with van der Waals surface area (Å²) in [6.07, 6.45) is 1.84. The number of rotatable bonds is 3. The zero-order valence-corrected chi connectivity index (χ0v) is 8.90. The van der Waals surface area contributed by atoms with Crippen molar-refractivity contribution in [1.29, 1.82) is 0 Å². The molecule has 78 valence electrons. The molecular formula is C9H15N3OS. The lowest BCUT2D eigenvalue weighted by atomic mass is 10.2. The molecule has 0 radical (unpaired) electrons. The molecule has 1 aliphatic heterocycles. The highest BCUT2D eigenvalue weighted by molar-refractivity contribution is 7.98. The third-order valence-electron chi connectivity index (χ3n) is 2.47. The van der Waals surface area contributed by atoms with Gasteiger partial charge in [-0.15, -0.1) is 0 Å². The highest BCUT2D eigenvalue weighted by Crippen LogP contribution is 2.20. The van der Waals surface area contributed by atoms with Gasteiger partial charge >= 0.3 is 0 Å². The second kappa shape index (κ2) is 4.23. The largest absolute Gasteiger partial charge is 0.330 e. The first-order valence-corrected chi connectivity index (χ1v) is 6.06. The molecule has 1 aromatic heterocycles. The van der Waals surface area contributed by atoms with Crippen LogP contribution in [-0.2, 0) is 18.7 Å². The number of fused-ring (bicyclic) bond motifs is 1. The molecule has 3 N–H and O–H groups in total. The SMILES string of the molecule is NCCCn1[nH]c2c(c1=O)CSCC2. The summed E-state index contributed by atoms with van der Waals surface area (Å²) in [5.41, 5.74) is 7.67. The summed E-state index contributed by atoms with van der Waals surface area (Å²) in [7, 11) is 0. The number of nitrogens with zero attached hydrogens (tertiary/aromatic N) is 1. The number of aromatic nitrogens is 2. The molecule has 0 saturated carbocycles. The smallest absolute Gasteiger partial charge is 0.270 e. The minimum atomic E-state index is 0.153. The number of H-pyrrole nitrogens is 1. The van der Waals surface area contributed by atoms with Gasteiger partial charge < -0.3 is 5.73 Å². The molecule has 5 heteroatoms. The summed E-state index contributed by atoms with van der Waals surface area (Å²) in [6.45, 7) is 1.35. The number of aryl methyl sites for hydroxylation is 2. The number of hydrogen-bond donors (Lipinski definition) is 2. The van der Waals surface area contributed by atoms with Crippen LogP contribution in [0.1, 0.15) is 17.7 Å². The Hall–Kier alpha value is -0.680. The second-order valence-corrected chi connectivity index (χ2v) is 4.58. The van der Waals surface area contributed by atoms with Crippen molar-refractivity contribution in [1.82, 2.24) is 9.78 Å². The second-order valence-electron chi connectivity index (χ2n) is 3.47. The average Bonchev–Trinajstić information content (AvgIpc) is 2.54. The number of aromatic amines is 1. The van der Waals surface area contributed by atoms with Crippen molar-refractivity contribution in [3.8, 4) is 0 Å². The Kier molecular flexibility index (Phi) is 2.98. The third-order valence-corrected chi connectivity index (χ3v) is 3.45. The summed E-state index contributed by atoms with van der Waals surface area (Å²) in [4.78, 5) is 11.8. The van der Waals surface area contributed by atoms with Crippen LogP contribution in [-0.4, -0.2) is 22.1 Å². The molecular weight excluding hydrogens is 198 g/mol. The Labute approximate surface area is 86.8 Å². The number of thioether (sulfide) groups is 1. The minimum absolute atomic E-state index is 0.153. The van der Waals surface area contributed by atoms with Crippen LogP contribution >= 0.6 is 11.8 Å². The summed E-state index contributed by atoms with van der Waals surface area (Å²) >= 11 is 1.83. The predicted molar refractivity (Wildman–Crippen MR) is 58.6 cm³/mol. The third kappa shape index (κ3) is 1.74. The van der Waals surface area contributed by atoms with Crippen molar-refractivity contribution in [2.75, 3.05) is 12.3 Å². The van der Waals surface area contributed by atoms with E-state index in [4.69, 9.17) is 5.73 Å². The van der Waals surface area contributed by atoms with E-state index >= 15 is 0 Å². The lowest BCUT2D eigenvalue weighted by Crippen LogP contribution is -2.20. The fourth-order valence-corrected chi connectivity index (χ4v) is 2.68. The Morgan fingerprint density at radius 2 is 2.43 bits per heavy atom. The van der Waals surface area contributed by atoms with Gasteiger partial charge in [-0.1, -0.05) is 0 Å². The Bertz CT molecular complexity index is 369. The van der Waals surface area contributed by atoms with E-state index in [-0.39, 0.29) is 5.56 Å². The monoisotopic (exact) mass is 213 g/mol. The molecule has 0 bridgehead atoms. The maximum Gasteiger partial charge on any atom is 0.270 e. The topological polar surface area (TPSA) is 63.8 Å². The van der Waals surface area contributed by atoms with E-state index < -0.39 is 0 Å². The Morgan fingerprint density at radius 1 is 1.57 bits per heavy atom. The van der Waals surface area contributed by atoms with Crippen LogP contribution in [0.3, 0.4) is 0 Å². The van der Waals surface area contributed by atoms with Crippen LogP contribution in [0.5, 0.6) is 0 Å². The molecule has 4 nitrogen and oxygen atoms in total. The van der Waals surface area contributed by atoms with Gasteiger partial charge in [0.2, 0.25) is 0 Å². The van der Waals surface area contributed by atoms with Crippen LogP contribution in [0.15, 0.2) is 4.79 Å². The molecule has 0 spiro atoms. The van der Waals surface area contributed by atoms with Crippen LogP contribution in [0.2, 0.25) is 0 Å². The lowest BCUT2D eigenvalue weighted by molar-refractivity contribution is 0.563. The van der Waals surface area contributed by atoms with Crippen LogP contribution in [0.25, 0.3) is 0 Å². The molecule has 0 amide bonds. The summed E-state index contributed by atoms with van der Waals surface area (Å²) in [6, 6.07) is 0. The van der Waals surface area contributed by atoms with E-state index in [0.29, 0.717) is 13.1 Å². The standard InChI is InChI=1S/C9H15N3OS/c10-3-1-4-12-9(13)7-6-14-5-2-8(7)11-12/h11H,1-6,10H2. The van der Waals surface area contributed by atoms with Crippen molar-refractivity contribution in [3.05, 3.63) is 21.6 Å². The van der Waals surface area contributed by atoms with Gasteiger partial charge in [-0.3, -0.25) is 14.6 Å². The number of hydrogen-bond acceptors (Lipinski definition) is 3. The molecule has 2 rings (SSSR count). The van der Waals surface area contributed by atoms with Crippen LogP contribution < -0.4 is 11.3 Å². The van der Waals surface area contributed by atoms with E-state index in [1.807, 2.05) is 11.8 Å². The van der Waals surface area contributed by atoms with E-state index in [2.05, 4.69) is 5.10 Å². The summed E-state index contributed by atoms with van der Waals surface area (Å²) in [5, 5.41) is 3.17. The first-order chi connectivity index (χ1) is 6.83. The number of nitrogens with two attached hydrogens (primary N) is 1. The van der Waals surface area contributed by atoms with Crippen molar-refractivity contribution in [3.63, 3.8) is 0 Å². The molecule has 0 fully saturated rings. The van der Waals surface area contributed by atoms with Gasteiger partial charge in [0.05, 0.1) is 0 Å². The highest BCUT2D eigenvalue weighted by Gasteiger charge is 2.17. The van der Waals surface area contributed by atoms with Gasteiger partial charge in [-0.05, 0) is 25.1 Å². The van der Waals surface area contributed by atoms with Gasteiger partial charge in [0.1, 0.15) is 0 Å². The maximum atomic E-state index is 11.8. The van der Waals surface area contributed by atoms with Gasteiger partial charge in [-0.2, -0.15) is 11.8 Å². The Morgan fingerprint density at radius 3 is 3.14 bits per heavy atom. The van der Waals surface area contributed by atoms with E-state index in [0.717, 1.165) is 35.6 Å². The highest BCUT2D eigenvalue weighted by atomic mass is 32.2. The van der Waals surface area contributed by atoms with Gasteiger partial charge in [0, 0.05) is 23.6 Å². The predicted octanol–water partition coefficient (Wildman–Crippen LogP) is 0.314. The van der Waals surface area contributed by atoms with E-state index in [1.165, 1.54) is 0 Å².